The molecule has 0 saturated heterocycles. The molecule has 0 fully saturated rings. The van der Waals surface area contributed by atoms with Crippen LogP contribution in [0, 0.1) is 17.7 Å². The summed E-state index contributed by atoms with van der Waals surface area (Å²) in [6.45, 7) is 0.138. The van der Waals surface area contributed by atoms with Crippen molar-refractivity contribution in [3.8, 4) is 11.8 Å². The summed E-state index contributed by atoms with van der Waals surface area (Å²) in [5.74, 6) is 4.43. The maximum atomic E-state index is 13.2. The number of nitrogens with two attached hydrogens (primary N) is 1. The van der Waals surface area contributed by atoms with Gasteiger partial charge in [0, 0.05) is 11.8 Å². The van der Waals surface area contributed by atoms with Gasteiger partial charge in [-0.3, -0.25) is 9.89 Å². The molecule has 0 radical (unpaired) electrons. The highest BCUT2D eigenvalue weighted by molar-refractivity contribution is 6.05. The van der Waals surface area contributed by atoms with Crippen LogP contribution in [-0.2, 0) is 0 Å². The number of rotatable bonds is 2. The van der Waals surface area contributed by atoms with Gasteiger partial charge in [-0.25, -0.2) is 4.39 Å². The summed E-state index contributed by atoms with van der Waals surface area (Å²) >= 11 is 0. The second-order valence-corrected chi connectivity index (χ2v) is 3.64. The molecule has 0 aliphatic heterocycles. The Labute approximate surface area is 109 Å². The van der Waals surface area contributed by atoms with E-state index in [0.29, 0.717) is 11.3 Å². The molecule has 2 aromatic rings. The van der Waals surface area contributed by atoms with Crippen LogP contribution in [0.15, 0.2) is 30.6 Å². The van der Waals surface area contributed by atoms with E-state index in [2.05, 4.69) is 27.4 Å². The lowest BCUT2D eigenvalue weighted by Gasteiger charge is -2.05. The van der Waals surface area contributed by atoms with Crippen molar-refractivity contribution in [2.75, 3.05) is 11.9 Å². The molecule has 96 valence electrons. The Balaban J connectivity index is 2.30. The van der Waals surface area contributed by atoms with Crippen LogP contribution in [0.5, 0.6) is 0 Å². The minimum absolute atomic E-state index is 0.138. The number of H-pyrrole nitrogens is 1. The molecule has 2 rings (SSSR count). The van der Waals surface area contributed by atoms with Gasteiger partial charge in [0.15, 0.2) is 0 Å². The van der Waals surface area contributed by atoms with Crippen LogP contribution in [0.4, 0.5) is 10.1 Å². The predicted molar refractivity (Wildman–Crippen MR) is 68.9 cm³/mol. The van der Waals surface area contributed by atoms with Crippen molar-refractivity contribution < 1.29 is 9.18 Å². The molecule has 0 aliphatic rings. The number of carbonyl (C=O) groups excluding carboxylic acids is 1. The number of anilines is 1. The second-order valence-electron chi connectivity index (χ2n) is 3.64. The van der Waals surface area contributed by atoms with Gasteiger partial charge in [-0.05, 0) is 18.2 Å². The Morgan fingerprint density at radius 1 is 1.53 bits per heavy atom. The first-order valence-corrected chi connectivity index (χ1v) is 5.49. The first-order valence-electron chi connectivity index (χ1n) is 5.49. The van der Waals surface area contributed by atoms with Crippen molar-refractivity contribution in [3.63, 3.8) is 0 Å². The molecule has 19 heavy (non-hydrogen) atoms. The van der Waals surface area contributed by atoms with Crippen LogP contribution in [0.3, 0.4) is 0 Å². The highest BCUT2D eigenvalue weighted by atomic mass is 19.1. The summed E-state index contributed by atoms with van der Waals surface area (Å²) in [6.07, 6.45) is 3.00. The van der Waals surface area contributed by atoms with Gasteiger partial charge in [0.2, 0.25) is 0 Å². The number of nitrogens with one attached hydrogen (secondary N) is 2. The molecule has 0 bridgehead atoms. The van der Waals surface area contributed by atoms with Gasteiger partial charge >= 0.3 is 0 Å². The van der Waals surface area contributed by atoms with Gasteiger partial charge in [-0.2, -0.15) is 5.10 Å². The van der Waals surface area contributed by atoms with E-state index in [0.717, 1.165) is 0 Å². The Morgan fingerprint density at radius 3 is 3.05 bits per heavy atom. The molecule has 6 heteroatoms. The minimum atomic E-state index is -0.457. The van der Waals surface area contributed by atoms with Gasteiger partial charge in [-0.15, -0.1) is 0 Å². The summed E-state index contributed by atoms with van der Waals surface area (Å²) in [5, 5.41) is 8.91. The average Bonchev–Trinajstić information content (AvgIpc) is 2.89. The normalized spacial score (nSPS) is 9.58. The lowest BCUT2D eigenvalue weighted by Crippen LogP contribution is -2.13. The van der Waals surface area contributed by atoms with Crippen LogP contribution < -0.4 is 11.1 Å². The molecule has 1 aromatic carbocycles. The number of aromatic amines is 1. The first kappa shape index (κ1) is 12.8. The quantitative estimate of drug-likeness (QED) is 0.705. The Hall–Kier alpha value is -2.65. The van der Waals surface area contributed by atoms with Gasteiger partial charge in [0.1, 0.15) is 5.82 Å². The zero-order chi connectivity index (χ0) is 13.7. The Kier molecular flexibility index (Phi) is 3.90. The Morgan fingerprint density at radius 2 is 2.37 bits per heavy atom. The fraction of sp³-hybridized carbons (Fsp3) is 0.0769. The highest BCUT2D eigenvalue weighted by Crippen LogP contribution is 2.13. The SMILES string of the molecule is NCC#Cc1cc(F)ccc1C(=O)Nc1cn[nH]c1. The second kappa shape index (κ2) is 5.80. The molecule has 4 N–H and O–H groups in total. The van der Waals surface area contributed by atoms with E-state index in [4.69, 9.17) is 5.73 Å². The van der Waals surface area contributed by atoms with Crippen LogP contribution >= 0.6 is 0 Å². The summed E-state index contributed by atoms with van der Waals surface area (Å²) in [5.41, 5.74) is 6.37. The monoisotopic (exact) mass is 258 g/mol. The number of halogens is 1. The van der Waals surface area contributed by atoms with E-state index in [9.17, 15) is 9.18 Å². The summed E-state index contributed by atoms with van der Waals surface area (Å²) in [6, 6.07) is 3.79. The predicted octanol–water partition coefficient (Wildman–Crippen LogP) is 1.11. The highest BCUT2D eigenvalue weighted by Gasteiger charge is 2.11. The van der Waals surface area contributed by atoms with Crippen molar-refractivity contribution >= 4 is 11.6 Å². The maximum Gasteiger partial charge on any atom is 0.257 e. The molecule has 1 amide bonds. The molecular formula is C13H11FN4O. The lowest BCUT2D eigenvalue weighted by atomic mass is 10.1. The molecular weight excluding hydrogens is 247 g/mol. The van der Waals surface area contributed by atoms with Crippen molar-refractivity contribution in [2.45, 2.75) is 0 Å². The van der Waals surface area contributed by atoms with E-state index in [-0.39, 0.29) is 18.0 Å². The summed E-state index contributed by atoms with van der Waals surface area (Å²) in [4.78, 5) is 12.0. The number of hydrogen-bond acceptors (Lipinski definition) is 3. The zero-order valence-corrected chi connectivity index (χ0v) is 9.90. The third-order valence-electron chi connectivity index (χ3n) is 2.31. The third kappa shape index (κ3) is 3.18. The van der Waals surface area contributed by atoms with Crippen LogP contribution in [-0.4, -0.2) is 22.6 Å². The van der Waals surface area contributed by atoms with E-state index >= 15 is 0 Å². The average molecular weight is 258 g/mol. The maximum absolute atomic E-state index is 13.2. The fourth-order valence-corrected chi connectivity index (χ4v) is 1.48. The molecule has 1 aromatic heterocycles. The van der Waals surface area contributed by atoms with Crippen LogP contribution in [0.1, 0.15) is 15.9 Å². The number of aromatic nitrogens is 2. The molecule has 1 heterocycles. The van der Waals surface area contributed by atoms with Crippen molar-refractivity contribution in [3.05, 3.63) is 47.5 Å². The molecule has 5 nitrogen and oxygen atoms in total. The van der Waals surface area contributed by atoms with E-state index in [1.807, 2.05) is 0 Å². The van der Waals surface area contributed by atoms with Crippen molar-refractivity contribution in [2.24, 2.45) is 5.73 Å². The van der Waals surface area contributed by atoms with Crippen LogP contribution in [0.2, 0.25) is 0 Å². The number of carbonyl (C=O) groups is 1. The number of amides is 1. The Bertz CT molecular complexity index is 640. The largest absolute Gasteiger partial charge is 0.320 e. The number of nitrogens with zero attached hydrogens (tertiary/aromatic N) is 1. The topological polar surface area (TPSA) is 83.8 Å². The van der Waals surface area contributed by atoms with E-state index in [1.165, 1.54) is 30.6 Å². The molecule has 0 atom stereocenters. The molecule has 0 unspecified atom stereocenters. The number of benzene rings is 1. The van der Waals surface area contributed by atoms with Gasteiger partial charge in [-0.1, -0.05) is 11.8 Å². The smallest absolute Gasteiger partial charge is 0.257 e. The molecule has 0 aliphatic carbocycles. The summed E-state index contributed by atoms with van der Waals surface area (Å²) in [7, 11) is 0. The van der Waals surface area contributed by atoms with Gasteiger partial charge < -0.3 is 11.1 Å². The lowest BCUT2D eigenvalue weighted by molar-refractivity contribution is 0.102. The fourth-order valence-electron chi connectivity index (χ4n) is 1.48. The standard InChI is InChI=1S/C13H11FN4O/c14-10-3-4-12(9(6-10)2-1-5-15)13(19)18-11-7-16-17-8-11/h3-4,6-8H,5,15H2,(H,16,17)(H,18,19). The van der Waals surface area contributed by atoms with Gasteiger partial charge in [0.25, 0.3) is 5.91 Å². The van der Waals surface area contributed by atoms with Crippen LogP contribution in [0.25, 0.3) is 0 Å². The van der Waals surface area contributed by atoms with E-state index in [1.54, 1.807) is 0 Å². The van der Waals surface area contributed by atoms with Crippen molar-refractivity contribution in [1.29, 1.82) is 0 Å². The minimum Gasteiger partial charge on any atom is -0.320 e. The third-order valence-corrected chi connectivity index (χ3v) is 2.31. The zero-order valence-electron chi connectivity index (χ0n) is 9.90. The van der Waals surface area contributed by atoms with Gasteiger partial charge in [0.05, 0.1) is 24.0 Å². The first-order chi connectivity index (χ1) is 9.20. The number of hydrogen-bond donors (Lipinski definition) is 3. The molecule has 0 saturated carbocycles. The van der Waals surface area contributed by atoms with E-state index < -0.39 is 5.82 Å². The summed E-state index contributed by atoms with van der Waals surface area (Å²) < 4.78 is 13.2. The van der Waals surface area contributed by atoms with Crippen molar-refractivity contribution in [1.82, 2.24) is 10.2 Å². The molecule has 0 spiro atoms.